The Hall–Kier alpha value is -1.50. The molecule has 0 aliphatic heterocycles. The molecule has 0 aliphatic carbocycles. The lowest BCUT2D eigenvalue weighted by molar-refractivity contribution is 1.38. The fraction of sp³-hybridized carbons (Fsp3) is 0.143. The van der Waals surface area contributed by atoms with Crippen LogP contribution >= 0.6 is 44.8 Å². The lowest BCUT2D eigenvalue weighted by atomic mass is 10.2. The Labute approximate surface area is 215 Å². The molecule has 0 heterocycles. The van der Waals surface area contributed by atoms with Crippen molar-refractivity contribution >= 4 is 49.5 Å². The summed E-state index contributed by atoms with van der Waals surface area (Å²) in [4.78, 5) is 5.36. The van der Waals surface area contributed by atoms with Crippen LogP contribution in [0.25, 0.3) is 0 Å². The normalized spacial score (nSPS) is 11.5. The quantitative estimate of drug-likeness (QED) is 0.212. The van der Waals surface area contributed by atoms with Crippen molar-refractivity contribution in [2.45, 2.75) is 47.3 Å². The predicted molar refractivity (Wildman–Crippen MR) is 154 cm³/mol. The van der Waals surface area contributed by atoms with Crippen LogP contribution in [-0.2, 0) is 0 Å². The zero-order valence-corrected chi connectivity index (χ0v) is 23.6. The van der Waals surface area contributed by atoms with Gasteiger partial charge in [-0.2, -0.15) is 0 Å². The Balaban J connectivity index is 1.77. The van der Waals surface area contributed by atoms with E-state index in [2.05, 4.69) is 170 Å². The summed E-state index contributed by atoms with van der Waals surface area (Å²) in [5.74, 6) is 0. The van der Waals surface area contributed by atoms with Crippen molar-refractivity contribution in [2.24, 2.45) is 0 Å². The first-order valence-corrected chi connectivity index (χ1v) is 19.1. The van der Waals surface area contributed by atoms with Crippen LogP contribution in [0.1, 0.15) is 22.3 Å². The van der Waals surface area contributed by atoms with Crippen LogP contribution in [0.2, 0.25) is 0 Å². The van der Waals surface area contributed by atoms with Gasteiger partial charge < -0.3 is 0 Å². The van der Waals surface area contributed by atoms with Gasteiger partial charge in [-0.3, -0.25) is 0 Å². The van der Waals surface area contributed by atoms with Crippen LogP contribution in [0.5, 0.6) is 0 Å². The third-order valence-corrected chi connectivity index (χ3v) is 22.9. The van der Waals surface area contributed by atoms with Gasteiger partial charge >= 0.3 is 4.67 Å². The van der Waals surface area contributed by atoms with Crippen LogP contribution in [0.4, 0.5) is 0 Å². The van der Waals surface area contributed by atoms with Gasteiger partial charge in [-0.15, -0.1) is 44.8 Å². The molecule has 0 unspecified atom stereocenters. The van der Waals surface area contributed by atoms with Crippen LogP contribution in [-0.4, -0.2) is 4.67 Å². The molecule has 168 valence electrons. The second-order valence-corrected chi connectivity index (χ2v) is 26.3. The first-order valence-electron chi connectivity index (χ1n) is 10.9. The molecule has 0 fully saturated rings. The Bertz CT molecular complexity index is 973. The molecular weight excluding hydrogens is 493 g/mol. The van der Waals surface area contributed by atoms with Crippen molar-refractivity contribution in [1.29, 1.82) is 0 Å². The second-order valence-electron chi connectivity index (χ2n) is 8.16. The molecule has 4 aromatic carbocycles. The van der Waals surface area contributed by atoms with E-state index in [9.17, 15) is 0 Å². The number of hydrogen-bond donors (Lipinski definition) is 0. The molecule has 33 heavy (non-hydrogen) atoms. The number of hydrogen-bond acceptors (Lipinski definition) is 4. The van der Waals surface area contributed by atoms with Crippen molar-refractivity contribution in [3.63, 3.8) is 0 Å². The molecule has 0 bridgehead atoms. The van der Waals surface area contributed by atoms with E-state index in [1.807, 2.05) is 0 Å². The molecule has 0 radical (unpaired) electrons. The highest BCUT2D eigenvalue weighted by atomic mass is 32.9. The van der Waals surface area contributed by atoms with Gasteiger partial charge in [0.2, 0.25) is 0 Å². The molecule has 0 aromatic heterocycles. The lowest BCUT2D eigenvalue weighted by Crippen LogP contribution is -2.18. The van der Waals surface area contributed by atoms with Gasteiger partial charge in [0.1, 0.15) is 0 Å². The zero-order chi connectivity index (χ0) is 23.3. The molecular formula is C28H28S4Si. The van der Waals surface area contributed by atoms with Crippen LogP contribution < -0.4 is 0 Å². The average Bonchev–Trinajstić information content (AvgIpc) is 2.80. The van der Waals surface area contributed by atoms with Crippen molar-refractivity contribution < 1.29 is 0 Å². The molecule has 0 saturated heterocycles. The van der Waals surface area contributed by atoms with Gasteiger partial charge in [0.25, 0.3) is 0 Å². The SMILES string of the molecule is Cc1ccc(S[Si](Sc2ccc(C)cc2)(Sc2ccc(C)cc2)Sc2ccc(C)cc2)cc1. The lowest BCUT2D eigenvalue weighted by Gasteiger charge is -2.29. The maximum Gasteiger partial charge on any atom is 0.319 e. The summed E-state index contributed by atoms with van der Waals surface area (Å²) >= 11 is 8.28. The molecule has 0 amide bonds. The van der Waals surface area contributed by atoms with Gasteiger partial charge in [-0.05, 0) is 76.2 Å². The predicted octanol–water partition coefficient (Wildman–Crippen LogP) is 9.82. The fourth-order valence-electron chi connectivity index (χ4n) is 3.13. The largest absolute Gasteiger partial charge is 0.319 e. The molecule has 0 nitrogen and oxygen atoms in total. The van der Waals surface area contributed by atoms with Gasteiger partial charge in [-0.25, -0.2) is 0 Å². The summed E-state index contributed by atoms with van der Waals surface area (Å²) in [5.41, 5.74) is 5.20. The molecule has 0 spiro atoms. The minimum Gasteiger partial charge on any atom is -0.115 e. The van der Waals surface area contributed by atoms with Crippen LogP contribution in [0.15, 0.2) is 117 Å². The van der Waals surface area contributed by atoms with Gasteiger partial charge in [0.15, 0.2) is 0 Å². The van der Waals surface area contributed by atoms with E-state index < -0.39 is 4.67 Å². The molecule has 4 rings (SSSR count). The number of benzene rings is 4. The Morgan fingerprint density at radius 1 is 0.333 bits per heavy atom. The first-order chi connectivity index (χ1) is 15.9. The smallest absolute Gasteiger partial charge is 0.115 e. The maximum atomic E-state index is 2.28. The summed E-state index contributed by atoms with van der Waals surface area (Å²) < 4.78 is -2.16. The summed E-state index contributed by atoms with van der Waals surface area (Å²) in [6.45, 7) is 8.62. The van der Waals surface area contributed by atoms with Crippen LogP contribution in [0.3, 0.4) is 0 Å². The van der Waals surface area contributed by atoms with Crippen molar-refractivity contribution in [2.75, 3.05) is 0 Å². The standard InChI is InChI=1S/C28H28S4Si/c1-21-5-13-25(14-6-21)29-33(30-26-15-7-22(2)8-16-26,31-27-17-9-23(3)10-18-27)32-28-19-11-24(4)12-20-28/h5-20H,1-4H3. The Morgan fingerprint density at radius 3 is 0.697 bits per heavy atom. The molecule has 4 aromatic rings. The van der Waals surface area contributed by atoms with E-state index in [0.717, 1.165) is 0 Å². The van der Waals surface area contributed by atoms with E-state index in [0.29, 0.717) is 0 Å². The highest BCUT2D eigenvalue weighted by Crippen LogP contribution is 2.59. The van der Waals surface area contributed by atoms with Crippen molar-refractivity contribution in [1.82, 2.24) is 0 Å². The Kier molecular flexibility index (Phi) is 8.42. The average molecular weight is 521 g/mol. The summed E-state index contributed by atoms with van der Waals surface area (Å²) in [6.07, 6.45) is 0. The monoisotopic (exact) mass is 520 g/mol. The number of rotatable bonds is 8. The van der Waals surface area contributed by atoms with Crippen molar-refractivity contribution in [3.05, 3.63) is 119 Å². The van der Waals surface area contributed by atoms with Crippen LogP contribution in [0, 0.1) is 27.7 Å². The topological polar surface area (TPSA) is 0 Å². The third kappa shape index (κ3) is 7.24. The molecule has 5 heteroatoms. The summed E-state index contributed by atoms with van der Waals surface area (Å²) in [6, 6.07) is 36.1. The zero-order valence-electron chi connectivity index (χ0n) is 19.4. The van der Waals surface area contributed by atoms with E-state index in [1.54, 1.807) is 0 Å². The third-order valence-electron chi connectivity index (χ3n) is 5.06. The van der Waals surface area contributed by atoms with Gasteiger partial charge in [-0.1, -0.05) is 70.8 Å². The minimum atomic E-state index is -2.16. The molecule has 0 aliphatic rings. The van der Waals surface area contributed by atoms with E-state index in [-0.39, 0.29) is 0 Å². The molecule has 0 N–H and O–H groups in total. The minimum absolute atomic E-state index is 1.30. The maximum absolute atomic E-state index is 2.28. The summed E-state index contributed by atoms with van der Waals surface area (Å²) in [5, 5.41) is 0. The Morgan fingerprint density at radius 2 is 0.515 bits per heavy atom. The van der Waals surface area contributed by atoms with E-state index in [1.165, 1.54) is 41.8 Å². The van der Waals surface area contributed by atoms with E-state index in [4.69, 9.17) is 0 Å². The number of aryl methyl sites for hydroxylation is 4. The second kappa shape index (κ2) is 11.3. The molecule has 0 atom stereocenters. The highest BCUT2D eigenvalue weighted by molar-refractivity contribution is 8.99. The molecule has 0 saturated carbocycles. The van der Waals surface area contributed by atoms with E-state index >= 15 is 0 Å². The first kappa shape index (κ1) is 24.6. The van der Waals surface area contributed by atoms with Gasteiger partial charge in [0.05, 0.1) is 0 Å². The summed E-state index contributed by atoms with van der Waals surface area (Å²) in [7, 11) is 0. The fourth-order valence-corrected chi connectivity index (χ4v) is 24.1. The highest BCUT2D eigenvalue weighted by Gasteiger charge is 2.40. The van der Waals surface area contributed by atoms with Gasteiger partial charge in [0, 0.05) is 19.6 Å². The van der Waals surface area contributed by atoms with Crippen molar-refractivity contribution in [3.8, 4) is 0 Å².